The van der Waals surface area contributed by atoms with E-state index >= 15 is 0 Å². The van der Waals surface area contributed by atoms with Crippen molar-refractivity contribution < 1.29 is 0 Å². The van der Waals surface area contributed by atoms with Crippen molar-refractivity contribution in [2.75, 3.05) is 36.8 Å². The standard InChI is InChI=1S/C19H24N6O.2ClH/c20-19-22-15(8-17(23-19)24-3-1-2-4-24)13-6-16-14-5-12(9-21-10-14)11-25(16)18(26)7-13;;/h6-8,12,14,21H,1-5,9-11H2,(H2,20,22,23);2*1H/t12-,14+;;/m0../s1. The molecule has 9 heteroatoms. The van der Waals surface area contributed by atoms with Gasteiger partial charge in [0, 0.05) is 55.5 Å². The first kappa shape index (κ1) is 20.9. The zero-order valence-electron chi connectivity index (χ0n) is 15.6. The first-order chi connectivity index (χ1) is 12.7. The molecule has 2 aromatic heterocycles. The number of nitrogens with one attached hydrogen (secondary N) is 1. The Labute approximate surface area is 176 Å². The zero-order chi connectivity index (χ0) is 17.7. The number of rotatable bonds is 2. The summed E-state index contributed by atoms with van der Waals surface area (Å²) >= 11 is 0. The third kappa shape index (κ3) is 3.71. The van der Waals surface area contributed by atoms with Gasteiger partial charge in [-0.3, -0.25) is 4.79 Å². The van der Waals surface area contributed by atoms with Crippen LogP contribution in [-0.2, 0) is 6.54 Å². The van der Waals surface area contributed by atoms with Crippen LogP contribution in [0.25, 0.3) is 11.3 Å². The lowest BCUT2D eigenvalue weighted by Gasteiger charge is -2.37. The zero-order valence-corrected chi connectivity index (χ0v) is 17.3. The molecule has 0 aromatic carbocycles. The Morgan fingerprint density at radius 1 is 1.07 bits per heavy atom. The second-order valence-corrected chi connectivity index (χ2v) is 7.74. The van der Waals surface area contributed by atoms with E-state index in [1.807, 2.05) is 10.6 Å². The van der Waals surface area contributed by atoms with Crippen LogP contribution < -0.4 is 21.5 Å². The van der Waals surface area contributed by atoms with Crippen molar-refractivity contribution in [2.24, 2.45) is 5.92 Å². The van der Waals surface area contributed by atoms with E-state index in [0.29, 0.717) is 11.8 Å². The Kier molecular flexibility index (Phi) is 6.17. The largest absolute Gasteiger partial charge is 0.368 e. The van der Waals surface area contributed by atoms with Gasteiger partial charge in [0.15, 0.2) is 0 Å². The first-order valence-electron chi connectivity index (χ1n) is 9.53. The van der Waals surface area contributed by atoms with Crippen molar-refractivity contribution in [1.29, 1.82) is 0 Å². The number of fused-ring (bicyclic) bond motifs is 4. The lowest BCUT2D eigenvalue weighted by Crippen LogP contribution is -2.44. The number of hydrogen-bond acceptors (Lipinski definition) is 6. The number of halogens is 2. The van der Waals surface area contributed by atoms with Gasteiger partial charge in [-0.15, -0.1) is 24.8 Å². The first-order valence-corrected chi connectivity index (χ1v) is 9.53. The monoisotopic (exact) mass is 424 g/mol. The van der Waals surface area contributed by atoms with Crippen LogP contribution in [0.1, 0.15) is 30.9 Å². The number of nitrogens with zero attached hydrogens (tertiary/aromatic N) is 4. The number of aromatic nitrogens is 3. The normalized spacial score (nSPS) is 22.8. The highest BCUT2D eigenvalue weighted by atomic mass is 35.5. The van der Waals surface area contributed by atoms with Crippen LogP contribution in [0.15, 0.2) is 23.0 Å². The topological polar surface area (TPSA) is 89.1 Å². The molecule has 2 fully saturated rings. The summed E-state index contributed by atoms with van der Waals surface area (Å²) < 4.78 is 1.95. The molecule has 2 saturated heterocycles. The molecule has 0 unspecified atom stereocenters. The van der Waals surface area contributed by atoms with Crippen molar-refractivity contribution in [1.82, 2.24) is 19.9 Å². The molecule has 0 radical (unpaired) electrons. The SMILES string of the molecule is Cl.Cl.Nc1nc(-c2cc3n(c(=O)c2)C[C@@H]2CNC[C@H]3C2)cc(N2CCCC2)n1. The summed E-state index contributed by atoms with van der Waals surface area (Å²) in [5.74, 6) is 2.08. The molecule has 2 aromatic rings. The molecule has 28 heavy (non-hydrogen) atoms. The van der Waals surface area contributed by atoms with Gasteiger partial charge >= 0.3 is 0 Å². The van der Waals surface area contributed by atoms with Crippen LogP contribution in [0.2, 0.25) is 0 Å². The molecule has 152 valence electrons. The van der Waals surface area contributed by atoms with E-state index in [9.17, 15) is 4.79 Å². The average Bonchev–Trinajstić information content (AvgIpc) is 3.17. The van der Waals surface area contributed by atoms with Gasteiger partial charge in [0.1, 0.15) is 5.82 Å². The summed E-state index contributed by atoms with van der Waals surface area (Å²) in [7, 11) is 0. The van der Waals surface area contributed by atoms with Crippen molar-refractivity contribution >= 4 is 36.6 Å². The Hall–Kier alpha value is -1.83. The minimum atomic E-state index is 0. The number of nitrogens with two attached hydrogens (primary N) is 1. The van der Waals surface area contributed by atoms with Crippen molar-refractivity contribution in [2.45, 2.75) is 31.7 Å². The Balaban J connectivity index is 0.00000112. The van der Waals surface area contributed by atoms with Gasteiger partial charge in [-0.2, -0.15) is 4.98 Å². The highest BCUT2D eigenvalue weighted by molar-refractivity contribution is 5.85. The maximum absolute atomic E-state index is 12.8. The number of anilines is 2. The number of nitrogen functional groups attached to an aromatic ring is 1. The molecule has 3 N–H and O–H groups in total. The fourth-order valence-electron chi connectivity index (χ4n) is 4.66. The molecular formula is C19H26Cl2N6O. The van der Waals surface area contributed by atoms with Crippen molar-refractivity contribution in [3.63, 3.8) is 0 Å². The fraction of sp³-hybridized carbons (Fsp3) is 0.526. The molecule has 3 aliphatic heterocycles. The molecule has 0 amide bonds. The maximum Gasteiger partial charge on any atom is 0.251 e. The number of hydrogen-bond donors (Lipinski definition) is 2. The number of pyridine rings is 1. The Bertz CT molecular complexity index is 912. The molecule has 3 aliphatic rings. The second-order valence-electron chi connectivity index (χ2n) is 7.74. The van der Waals surface area contributed by atoms with E-state index in [2.05, 4.69) is 26.3 Å². The van der Waals surface area contributed by atoms with Crippen molar-refractivity contribution in [3.8, 4) is 11.3 Å². The molecule has 0 aliphatic carbocycles. The summed E-state index contributed by atoms with van der Waals surface area (Å²) in [5, 5.41) is 3.49. The number of piperidine rings is 1. The van der Waals surface area contributed by atoms with Gasteiger partial charge in [0.2, 0.25) is 5.95 Å². The van der Waals surface area contributed by atoms with Crippen LogP contribution in [0, 0.1) is 5.92 Å². The quantitative estimate of drug-likeness (QED) is 0.766. The van der Waals surface area contributed by atoms with Gasteiger partial charge < -0.3 is 20.5 Å². The lowest BCUT2D eigenvalue weighted by molar-refractivity contribution is 0.257. The fourth-order valence-corrected chi connectivity index (χ4v) is 4.66. The molecule has 2 atom stereocenters. The predicted molar refractivity (Wildman–Crippen MR) is 116 cm³/mol. The third-order valence-corrected chi connectivity index (χ3v) is 5.92. The van der Waals surface area contributed by atoms with E-state index in [1.165, 1.54) is 12.8 Å². The van der Waals surface area contributed by atoms with Crippen LogP contribution in [0.3, 0.4) is 0 Å². The third-order valence-electron chi connectivity index (χ3n) is 5.92. The highest BCUT2D eigenvalue weighted by Crippen LogP contribution is 2.34. The maximum atomic E-state index is 12.8. The van der Waals surface area contributed by atoms with Gasteiger partial charge in [-0.05, 0) is 37.8 Å². The summed E-state index contributed by atoms with van der Waals surface area (Å²) in [6.07, 6.45) is 3.51. The van der Waals surface area contributed by atoms with Crippen LogP contribution in [-0.4, -0.2) is 40.7 Å². The van der Waals surface area contributed by atoms with Gasteiger partial charge in [0.05, 0.1) is 5.69 Å². The Morgan fingerprint density at radius 2 is 1.86 bits per heavy atom. The summed E-state index contributed by atoms with van der Waals surface area (Å²) in [6.45, 7) is 4.74. The van der Waals surface area contributed by atoms with Crippen LogP contribution in [0.5, 0.6) is 0 Å². The second kappa shape index (κ2) is 8.27. The van der Waals surface area contributed by atoms with Crippen LogP contribution in [0.4, 0.5) is 11.8 Å². The average molecular weight is 425 g/mol. The van der Waals surface area contributed by atoms with E-state index < -0.39 is 0 Å². The van der Waals surface area contributed by atoms with Gasteiger partial charge in [0.25, 0.3) is 5.56 Å². The lowest BCUT2D eigenvalue weighted by atomic mass is 9.83. The highest BCUT2D eigenvalue weighted by Gasteiger charge is 2.31. The molecule has 2 bridgehead atoms. The minimum Gasteiger partial charge on any atom is -0.368 e. The molecular weight excluding hydrogens is 399 g/mol. The van der Waals surface area contributed by atoms with Crippen LogP contribution >= 0.6 is 24.8 Å². The van der Waals surface area contributed by atoms with E-state index in [-0.39, 0.29) is 36.3 Å². The predicted octanol–water partition coefficient (Wildman–Crippen LogP) is 2.04. The van der Waals surface area contributed by atoms with E-state index in [4.69, 9.17) is 5.73 Å². The summed E-state index contributed by atoms with van der Waals surface area (Å²) in [5.41, 5.74) is 8.75. The molecule has 0 saturated carbocycles. The summed E-state index contributed by atoms with van der Waals surface area (Å²) in [4.78, 5) is 23.8. The smallest absolute Gasteiger partial charge is 0.251 e. The van der Waals surface area contributed by atoms with Gasteiger partial charge in [-0.25, -0.2) is 4.98 Å². The van der Waals surface area contributed by atoms with Gasteiger partial charge in [-0.1, -0.05) is 0 Å². The van der Waals surface area contributed by atoms with E-state index in [1.54, 1.807) is 6.07 Å². The van der Waals surface area contributed by atoms with Crippen molar-refractivity contribution in [3.05, 3.63) is 34.2 Å². The van der Waals surface area contributed by atoms with E-state index in [0.717, 1.165) is 61.9 Å². The molecule has 5 heterocycles. The molecule has 7 nitrogen and oxygen atoms in total. The summed E-state index contributed by atoms with van der Waals surface area (Å²) in [6, 6.07) is 5.80. The Morgan fingerprint density at radius 3 is 2.64 bits per heavy atom. The minimum absolute atomic E-state index is 0. The molecule has 5 rings (SSSR count). The molecule has 0 spiro atoms.